The van der Waals surface area contributed by atoms with Crippen molar-refractivity contribution >= 4 is 21.5 Å². The van der Waals surface area contributed by atoms with E-state index in [1.54, 1.807) is 5.56 Å². The third-order valence-electron chi connectivity index (χ3n) is 6.12. The predicted molar refractivity (Wildman–Crippen MR) is 101 cm³/mol. The molecule has 4 rings (SSSR count). The lowest BCUT2D eigenvalue weighted by Gasteiger charge is -2.39. The molecule has 0 radical (unpaired) electrons. The van der Waals surface area contributed by atoms with Gasteiger partial charge in [-0.25, -0.2) is 0 Å². The Bertz CT molecular complexity index is 767. The first-order valence-electron chi connectivity index (χ1n) is 9.23. The summed E-state index contributed by atoms with van der Waals surface area (Å²) >= 11 is 0. The second kappa shape index (κ2) is 5.74. The Labute approximate surface area is 139 Å². The largest absolute Gasteiger partial charge is 0.129 e. The van der Waals surface area contributed by atoms with E-state index in [4.69, 9.17) is 0 Å². The van der Waals surface area contributed by atoms with Crippen LogP contribution in [0.25, 0.3) is 21.5 Å². The Morgan fingerprint density at radius 1 is 0.957 bits per heavy atom. The number of rotatable bonds is 2. The van der Waals surface area contributed by atoms with E-state index in [0.717, 1.165) is 17.8 Å². The van der Waals surface area contributed by atoms with Crippen molar-refractivity contribution in [2.24, 2.45) is 17.8 Å². The zero-order chi connectivity index (χ0) is 16.0. The number of hydrogen-bond donors (Lipinski definition) is 0. The van der Waals surface area contributed by atoms with Crippen molar-refractivity contribution < 1.29 is 0 Å². The summed E-state index contributed by atoms with van der Waals surface area (Å²) in [5, 5.41) is 5.88. The van der Waals surface area contributed by atoms with E-state index in [0.29, 0.717) is 5.92 Å². The predicted octanol–water partition coefficient (Wildman–Crippen LogP) is 6.89. The summed E-state index contributed by atoms with van der Waals surface area (Å²) in [6.07, 6.45) is 4.13. The molecule has 1 fully saturated rings. The second-order valence-electron chi connectivity index (χ2n) is 7.94. The van der Waals surface area contributed by atoms with Gasteiger partial charge in [0.1, 0.15) is 0 Å². The molecule has 0 amide bonds. The van der Waals surface area contributed by atoms with E-state index in [1.165, 1.54) is 40.8 Å². The van der Waals surface area contributed by atoms with Crippen molar-refractivity contribution in [2.75, 3.05) is 0 Å². The summed E-state index contributed by atoms with van der Waals surface area (Å²) in [6, 6.07) is 18.1. The summed E-state index contributed by atoms with van der Waals surface area (Å²) in [4.78, 5) is 0. The van der Waals surface area contributed by atoms with E-state index in [-0.39, 0.29) is 0 Å². The molecule has 0 aromatic heterocycles. The molecule has 0 heterocycles. The van der Waals surface area contributed by atoms with Gasteiger partial charge in [0.15, 0.2) is 0 Å². The lowest BCUT2D eigenvalue weighted by molar-refractivity contribution is 0.199. The van der Waals surface area contributed by atoms with E-state index < -0.39 is 0 Å². The first-order valence-corrected chi connectivity index (χ1v) is 9.23. The SMILES string of the molecule is CC(C)[C@H]1CC[C@H](C)C[C@H]1c1c2ccccc2c2cccc[c-]12. The van der Waals surface area contributed by atoms with Crippen LogP contribution in [0.15, 0.2) is 48.5 Å². The van der Waals surface area contributed by atoms with Gasteiger partial charge in [0, 0.05) is 0 Å². The minimum atomic E-state index is 0.712. The zero-order valence-electron chi connectivity index (χ0n) is 14.5. The van der Waals surface area contributed by atoms with E-state index >= 15 is 0 Å². The Morgan fingerprint density at radius 3 is 2.48 bits per heavy atom. The van der Waals surface area contributed by atoms with Crippen LogP contribution in [0.3, 0.4) is 0 Å². The van der Waals surface area contributed by atoms with Gasteiger partial charge in [-0.05, 0) is 36.5 Å². The van der Waals surface area contributed by atoms with E-state index in [9.17, 15) is 0 Å². The summed E-state index contributed by atoms with van der Waals surface area (Å²) in [5.74, 6) is 3.14. The van der Waals surface area contributed by atoms with Crippen molar-refractivity contribution in [1.29, 1.82) is 0 Å². The summed E-state index contributed by atoms with van der Waals surface area (Å²) < 4.78 is 0. The second-order valence-corrected chi connectivity index (χ2v) is 7.94. The lowest BCUT2D eigenvalue weighted by Crippen LogP contribution is -2.26. The molecule has 3 atom stereocenters. The molecular formula is C23H27-. The van der Waals surface area contributed by atoms with Crippen molar-refractivity contribution in [3.63, 3.8) is 0 Å². The molecule has 120 valence electrons. The standard InChI is InChI=1S/C23H27/c1-15(2)17-13-12-16(3)14-22(17)23-20-10-6-4-8-18(20)19-9-5-7-11-21(19)23/h4-11,15-17,22H,12-14H2,1-3H3/q-1/t16-,17+,22+/m0/s1. The maximum atomic E-state index is 2.44. The zero-order valence-corrected chi connectivity index (χ0v) is 14.5. The van der Waals surface area contributed by atoms with Crippen LogP contribution in [0.2, 0.25) is 0 Å². The lowest BCUT2D eigenvalue weighted by atomic mass is 9.67. The number of hydrogen-bond acceptors (Lipinski definition) is 0. The fraction of sp³-hybridized carbons (Fsp3) is 0.435. The van der Waals surface area contributed by atoms with Gasteiger partial charge in [-0.15, -0.1) is 46.0 Å². The molecule has 1 saturated carbocycles. The normalized spacial score (nSPS) is 25.5. The Morgan fingerprint density at radius 2 is 1.70 bits per heavy atom. The van der Waals surface area contributed by atoms with E-state index in [2.05, 4.69) is 69.3 Å². The fourth-order valence-corrected chi connectivity index (χ4v) is 4.98. The van der Waals surface area contributed by atoms with Gasteiger partial charge >= 0.3 is 0 Å². The number of fused-ring (bicyclic) bond motifs is 3. The Balaban J connectivity index is 1.98. The molecule has 0 unspecified atom stereocenters. The van der Waals surface area contributed by atoms with E-state index in [1.807, 2.05) is 0 Å². The van der Waals surface area contributed by atoms with Crippen LogP contribution in [0.4, 0.5) is 0 Å². The average molecular weight is 303 g/mol. The molecule has 3 aromatic carbocycles. The van der Waals surface area contributed by atoms with Gasteiger partial charge in [0.05, 0.1) is 0 Å². The average Bonchev–Trinajstić information content (AvgIpc) is 2.89. The number of benzene rings is 2. The third kappa shape index (κ3) is 2.40. The molecule has 0 aliphatic heterocycles. The van der Waals surface area contributed by atoms with Crippen LogP contribution in [-0.4, -0.2) is 0 Å². The monoisotopic (exact) mass is 303 g/mol. The van der Waals surface area contributed by atoms with Gasteiger partial charge in [-0.3, -0.25) is 0 Å². The summed E-state index contributed by atoms with van der Waals surface area (Å²) in [5.41, 5.74) is 1.64. The van der Waals surface area contributed by atoms with Crippen LogP contribution in [-0.2, 0) is 0 Å². The minimum Gasteiger partial charge on any atom is -0.129 e. The Hall–Kier alpha value is -1.69. The van der Waals surface area contributed by atoms with Crippen molar-refractivity contribution in [1.82, 2.24) is 0 Å². The van der Waals surface area contributed by atoms with Gasteiger partial charge in [0.2, 0.25) is 0 Å². The molecule has 23 heavy (non-hydrogen) atoms. The highest BCUT2D eigenvalue weighted by Gasteiger charge is 2.32. The molecule has 0 saturated heterocycles. The molecule has 1 aliphatic rings. The molecule has 0 bridgehead atoms. The smallest absolute Gasteiger partial charge is 0.0262 e. The highest BCUT2D eigenvalue weighted by atomic mass is 14.4. The van der Waals surface area contributed by atoms with Crippen molar-refractivity contribution in [3.05, 3.63) is 54.1 Å². The van der Waals surface area contributed by atoms with Crippen molar-refractivity contribution in [3.8, 4) is 0 Å². The topological polar surface area (TPSA) is 0 Å². The van der Waals surface area contributed by atoms with Crippen LogP contribution < -0.4 is 0 Å². The van der Waals surface area contributed by atoms with Gasteiger partial charge in [0.25, 0.3) is 0 Å². The molecule has 0 N–H and O–H groups in total. The van der Waals surface area contributed by atoms with Crippen LogP contribution in [0.1, 0.15) is 51.5 Å². The molecule has 0 nitrogen and oxygen atoms in total. The molecule has 1 aliphatic carbocycles. The maximum absolute atomic E-state index is 2.44. The Kier molecular flexibility index (Phi) is 3.71. The van der Waals surface area contributed by atoms with Gasteiger partial charge in [-0.2, -0.15) is 0 Å². The summed E-state index contributed by atoms with van der Waals surface area (Å²) in [7, 11) is 0. The first kappa shape index (κ1) is 14.9. The third-order valence-corrected chi connectivity index (χ3v) is 6.12. The van der Waals surface area contributed by atoms with Gasteiger partial charge < -0.3 is 0 Å². The minimum absolute atomic E-state index is 0.712. The van der Waals surface area contributed by atoms with Crippen LogP contribution in [0.5, 0.6) is 0 Å². The highest BCUT2D eigenvalue weighted by Crippen LogP contribution is 2.49. The molecular weight excluding hydrogens is 276 g/mol. The molecule has 3 aromatic rings. The van der Waals surface area contributed by atoms with Crippen LogP contribution in [0, 0.1) is 17.8 Å². The quantitative estimate of drug-likeness (QED) is 0.452. The van der Waals surface area contributed by atoms with Gasteiger partial charge in [-0.1, -0.05) is 56.8 Å². The highest BCUT2D eigenvalue weighted by molar-refractivity contribution is 6.15. The fourth-order valence-electron chi connectivity index (χ4n) is 4.98. The first-order chi connectivity index (χ1) is 11.2. The maximum Gasteiger partial charge on any atom is -0.0262 e. The summed E-state index contributed by atoms with van der Waals surface area (Å²) in [6.45, 7) is 7.28. The van der Waals surface area contributed by atoms with Crippen molar-refractivity contribution in [2.45, 2.75) is 46.0 Å². The molecule has 0 heteroatoms. The molecule has 0 spiro atoms. The van der Waals surface area contributed by atoms with Crippen LogP contribution >= 0.6 is 0 Å².